The number of carbonyl (C=O) groups is 1. The van der Waals surface area contributed by atoms with Gasteiger partial charge in [-0.2, -0.15) is 0 Å². The number of fused-ring (bicyclic) bond motifs is 1. The summed E-state index contributed by atoms with van der Waals surface area (Å²) in [6.07, 6.45) is 6.17. The molecule has 0 bridgehead atoms. The molecule has 2 aromatic carbocycles. The predicted octanol–water partition coefficient (Wildman–Crippen LogP) is 2.79. The van der Waals surface area contributed by atoms with Crippen LogP contribution in [0.5, 0.6) is 0 Å². The Bertz CT molecular complexity index is 764. The Hall–Kier alpha value is -2.77. The number of hydrogen-bond acceptors (Lipinski definition) is 2. The van der Waals surface area contributed by atoms with Crippen LogP contribution in [0.25, 0.3) is 0 Å². The maximum Gasteiger partial charge on any atom is 0.322 e. The highest BCUT2D eigenvalue weighted by atomic mass is 16.3. The van der Waals surface area contributed by atoms with Crippen LogP contribution in [0, 0.1) is 12.3 Å². The van der Waals surface area contributed by atoms with Gasteiger partial charge in [0.1, 0.15) is 0 Å². The summed E-state index contributed by atoms with van der Waals surface area (Å²) < 4.78 is 0. The fourth-order valence-electron chi connectivity index (χ4n) is 2.97. The van der Waals surface area contributed by atoms with Crippen LogP contribution in [-0.2, 0) is 6.42 Å². The van der Waals surface area contributed by atoms with Crippen LogP contribution in [0.1, 0.15) is 22.7 Å². The summed E-state index contributed by atoms with van der Waals surface area (Å²) >= 11 is 0. The lowest BCUT2D eigenvalue weighted by Gasteiger charge is -2.36. The Morgan fingerprint density at radius 1 is 1.30 bits per heavy atom. The molecule has 0 aliphatic carbocycles. The lowest BCUT2D eigenvalue weighted by atomic mass is 9.93. The van der Waals surface area contributed by atoms with Gasteiger partial charge in [-0.05, 0) is 35.7 Å². The summed E-state index contributed by atoms with van der Waals surface area (Å²) in [5, 5.41) is 12.6. The largest absolute Gasteiger partial charge is 0.394 e. The second-order valence-corrected chi connectivity index (χ2v) is 5.50. The summed E-state index contributed by atoms with van der Waals surface area (Å²) in [6, 6.07) is 14.5. The zero-order valence-corrected chi connectivity index (χ0v) is 12.7. The number of anilines is 1. The van der Waals surface area contributed by atoms with Gasteiger partial charge in [-0.15, -0.1) is 6.42 Å². The van der Waals surface area contributed by atoms with E-state index < -0.39 is 0 Å². The minimum absolute atomic E-state index is 0.102. The van der Waals surface area contributed by atoms with Crippen molar-refractivity contribution in [3.63, 3.8) is 0 Å². The third kappa shape index (κ3) is 3.05. The standard InChI is InChI=1S/C19H18N2O2/c1-2-14-6-5-8-16(12-14)20-19(23)21-11-10-15-7-3-4-9-17(15)18(21)13-22/h1,3-9,12,18,22H,10-11,13H2,(H,20,23). The van der Waals surface area contributed by atoms with E-state index in [2.05, 4.69) is 11.2 Å². The van der Waals surface area contributed by atoms with Crippen molar-refractivity contribution in [2.45, 2.75) is 12.5 Å². The van der Waals surface area contributed by atoms with Gasteiger partial charge < -0.3 is 15.3 Å². The second-order valence-electron chi connectivity index (χ2n) is 5.50. The zero-order valence-electron chi connectivity index (χ0n) is 12.7. The van der Waals surface area contributed by atoms with Crippen molar-refractivity contribution in [3.8, 4) is 12.3 Å². The van der Waals surface area contributed by atoms with E-state index in [0.717, 1.165) is 12.0 Å². The molecule has 3 rings (SSSR count). The molecular formula is C19H18N2O2. The molecule has 2 amide bonds. The van der Waals surface area contributed by atoms with Gasteiger partial charge in [0.05, 0.1) is 12.6 Å². The Morgan fingerprint density at radius 2 is 2.13 bits per heavy atom. The molecule has 4 heteroatoms. The minimum atomic E-state index is -0.323. The van der Waals surface area contributed by atoms with Gasteiger partial charge in [-0.1, -0.05) is 36.3 Å². The van der Waals surface area contributed by atoms with Crippen LogP contribution in [-0.4, -0.2) is 29.2 Å². The average Bonchev–Trinajstić information content (AvgIpc) is 2.60. The lowest BCUT2D eigenvalue weighted by molar-refractivity contribution is 0.135. The first-order valence-corrected chi connectivity index (χ1v) is 7.56. The first kappa shape index (κ1) is 15.1. The number of terminal acetylenes is 1. The molecule has 0 radical (unpaired) electrons. The quantitative estimate of drug-likeness (QED) is 0.838. The van der Waals surface area contributed by atoms with E-state index in [4.69, 9.17) is 6.42 Å². The molecule has 1 atom stereocenters. The Kier molecular flexibility index (Phi) is 4.31. The molecule has 0 saturated carbocycles. The fourth-order valence-corrected chi connectivity index (χ4v) is 2.97. The Balaban J connectivity index is 1.81. The molecule has 1 heterocycles. The summed E-state index contributed by atoms with van der Waals surface area (Å²) in [5.74, 6) is 2.55. The highest BCUT2D eigenvalue weighted by Crippen LogP contribution is 2.29. The van der Waals surface area contributed by atoms with E-state index in [0.29, 0.717) is 17.8 Å². The van der Waals surface area contributed by atoms with Crippen molar-refractivity contribution in [2.24, 2.45) is 0 Å². The highest BCUT2D eigenvalue weighted by Gasteiger charge is 2.30. The summed E-state index contributed by atoms with van der Waals surface area (Å²) in [5.41, 5.74) is 3.56. The van der Waals surface area contributed by atoms with E-state index >= 15 is 0 Å². The highest BCUT2D eigenvalue weighted by molar-refractivity contribution is 5.90. The molecule has 2 aromatic rings. The molecule has 116 valence electrons. The Labute approximate surface area is 135 Å². The first-order valence-electron chi connectivity index (χ1n) is 7.56. The van der Waals surface area contributed by atoms with E-state index in [1.165, 1.54) is 5.56 Å². The van der Waals surface area contributed by atoms with E-state index in [1.54, 1.807) is 23.1 Å². The van der Waals surface area contributed by atoms with Gasteiger partial charge in [-0.3, -0.25) is 0 Å². The van der Waals surface area contributed by atoms with E-state index in [-0.39, 0.29) is 18.7 Å². The van der Waals surface area contributed by atoms with Crippen LogP contribution in [0.3, 0.4) is 0 Å². The van der Waals surface area contributed by atoms with Gasteiger partial charge in [-0.25, -0.2) is 4.79 Å². The number of rotatable bonds is 2. The molecule has 0 fully saturated rings. The maximum absolute atomic E-state index is 12.6. The lowest BCUT2D eigenvalue weighted by Crippen LogP contribution is -2.43. The molecule has 0 aromatic heterocycles. The van der Waals surface area contributed by atoms with Crippen LogP contribution in [0.4, 0.5) is 10.5 Å². The number of amides is 2. The Morgan fingerprint density at radius 3 is 2.91 bits per heavy atom. The minimum Gasteiger partial charge on any atom is -0.394 e. The SMILES string of the molecule is C#Cc1cccc(NC(=O)N2CCc3ccccc3C2CO)c1. The van der Waals surface area contributed by atoms with Crippen molar-refractivity contribution in [3.05, 3.63) is 65.2 Å². The number of nitrogens with one attached hydrogen (secondary N) is 1. The smallest absolute Gasteiger partial charge is 0.322 e. The number of carbonyl (C=O) groups excluding carboxylic acids is 1. The number of aliphatic hydroxyl groups excluding tert-OH is 1. The van der Waals surface area contributed by atoms with Crippen LogP contribution >= 0.6 is 0 Å². The third-order valence-corrected chi connectivity index (χ3v) is 4.13. The summed E-state index contributed by atoms with van der Waals surface area (Å²) in [4.78, 5) is 14.3. The summed E-state index contributed by atoms with van der Waals surface area (Å²) in [7, 11) is 0. The van der Waals surface area contributed by atoms with Crippen LogP contribution in [0.2, 0.25) is 0 Å². The number of nitrogens with zero attached hydrogens (tertiary/aromatic N) is 1. The van der Waals surface area contributed by atoms with Crippen molar-refractivity contribution in [1.82, 2.24) is 4.90 Å². The average molecular weight is 306 g/mol. The van der Waals surface area contributed by atoms with Gasteiger partial charge in [0, 0.05) is 17.8 Å². The normalized spacial score (nSPS) is 16.3. The first-order chi connectivity index (χ1) is 11.2. The molecule has 1 aliphatic rings. The van der Waals surface area contributed by atoms with Gasteiger partial charge in [0.15, 0.2) is 0 Å². The number of hydrogen-bond donors (Lipinski definition) is 2. The molecule has 2 N–H and O–H groups in total. The monoisotopic (exact) mass is 306 g/mol. The fraction of sp³-hybridized carbons (Fsp3) is 0.211. The van der Waals surface area contributed by atoms with Crippen molar-refractivity contribution in [2.75, 3.05) is 18.5 Å². The second kappa shape index (κ2) is 6.55. The van der Waals surface area contributed by atoms with Crippen molar-refractivity contribution < 1.29 is 9.90 Å². The van der Waals surface area contributed by atoms with E-state index in [9.17, 15) is 9.90 Å². The molecule has 1 aliphatic heterocycles. The molecule has 0 saturated heterocycles. The van der Waals surface area contributed by atoms with Crippen molar-refractivity contribution in [1.29, 1.82) is 0 Å². The molecule has 23 heavy (non-hydrogen) atoms. The third-order valence-electron chi connectivity index (χ3n) is 4.13. The van der Waals surface area contributed by atoms with Crippen molar-refractivity contribution >= 4 is 11.7 Å². The molecule has 1 unspecified atom stereocenters. The van der Waals surface area contributed by atoms with E-state index in [1.807, 2.05) is 30.3 Å². The summed E-state index contributed by atoms with van der Waals surface area (Å²) in [6.45, 7) is 0.470. The predicted molar refractivity (Wildman–Crippen MR) is 90.1 cm³/mol. The maximum atomic E-state index is 12.6. The van der Waals surface area contributed by atoms with Crippen LogP contribution < -0.4 is 5.32 Å². The zero-order chi connectivity index (χ0) is 16.2. The van der Waals surface area contributed by atoms with Crippen LogP contribution in [0.15, 0.2) is 48.5 Å². The molecular weight excluding hydrogens is 288 g/mol. The number of urea groups is 1. The molecule has 4 nitrogen and oxygen atoms in total. The van der Waals surface area contributed by atoms with Gasteiger partial charge >= 0.3 is 6.03 Å². The van der Waals surface area contributed by atoms with Gasteiger partial charge in [0.2, 0.25) is 0 Å². The number of aliphatic hydroxyl groups is 1. The topological polar surface area (TPSA) is 52.6 Å². The number of benzene rings is 2. The molecule has 0 spiro atoms. The van der Waals surface area contributed by atoms with Gasteiger partial charge in [0.25, 0.3) is 0 Å².